The number of allylic oxidation sites excluding steroid dienone is 5. The van der Waals surface area contributed by atoms with Gasteiger partial charge in [-0.15, -0.1) is 0 Å². The number of benzene rings is 1. The summed E-state index contributed by atoms with van der Waals surface area (Å²) < 4.78 is 13.0. The highest BCUT2D eigenvalue weighted by Crippen LogP contribution is 2.32. The standard InChI is InChI=1S/C29H27BrN2O2.2C2H6/c1-5-9-11-22(8-4)20-34-29-26(13-15-28(32-29)33-19-21(7-3)10-6-2)24-16-23-17-25(30)12-14-27(23)31-18-24;2*1-2/h5-18H,2-4,19-20H2,1H3;2*1-2H3/b9-5-,21-10+,22-11+;;. The molecule has 2 aromatic heterocycles. The van der Waals surface area contributed by atoms with E-state index in [-0.39, 0.29) is 0 Å². The molecule has 0 radical (unpaired) electrons. The molecule has 0 atom stereocenters. The van der Waals surface area contributed by atoms with Crippen LogP contribution in [0.15, 0.2) is 120 Å². The lowest BCUT2D eigenvalue weighted by Gasteiger charge is -2.14. The Morgan fingerprint density at radius 3 is 2.24 bits per heavy atom. The first kappa shape index (κ1) is 32.3. The maximum atomic E-state index is 6.15. The van der Waals surface area contributed by atoms with E-state index in [9.17, 15) is 0 Å². The van der Waals surface area contributed by atoms with E-state index in [0.29, 0.717) is 25.0 Å². The van der Waals surface area contributed by atoms with Crippen molar-refractivity contribution in [1.29, 1.82) is 0 Å². The first-order valence-corrected chi connectivity index (χ1v) is 13.6. The third-order valence-electron chi connectivity index (χ3n) is 4.91. The summed E-state index contributed by atoms with van der Waals surface area (Å²) in [7, 11) is 0. The zero-order valence-electron chi connectivity index (χ0n) is 23.2. The summed E-state index contributed by atoms with van der Waals surface area (Å²) in [5.74, 6) is 0.902. The van der Waals surface area contributed by atoms with Crippen molar-refractivity contribution in [3.8, 4) is 22.9 Å². The number of pyridine rings is 2. The van der Waals surface area contributed by atoms with E-state index in [2.05, 4.69) is 51.7 Å². The molecule has 0 aliphatic rings. The molecule has 3 rings (SSSR count). The third-order valence-corrected chi connectivity index (χ3v) is 5.40. The lowest BCUT2D eigenvalue weighted by atomic mass is 10.1. The van der Waals surface area contributed by atoms with E-state index in [1.165, 1.54) is 0 Å². The van der Waals surface area contributed by atoms with Crippen molar-refractivity contribution >= 4 is 26.8 Å². The summed E-state index contributed by atoms with van der Waals surface area (Å²) in [6.45, 7) is 22.0. The van der Waals surface area contributed by atoms with Crippen molar-refractivity contribution in [2.24, 2.45) is 0 Å². The summed E-state index contributed by atoms with van der Waals surface area (Å²) in [6, 6.07) is 11.8. The second kappa shape index (κ2) is 18.5. The molecule has 0 spiro atoms. The fraction of sp³-hybridized carbons (Fsp3) is 0.212. The van der Waals surface area contributed by atoms with E-state index in [1.807, 2.05) is 95.5 Å². The molecular formula is C33H39BrN2O2. The number of ether oxygens (including phenoxy) is 2. The Morgan fingerprint density at radius 1 is 0.895 bits per heavy atom. The second-order valence-corrected chi connectivity index (χ2v) is 8.21. The van der Waals surface area contributed by atoms with Gasteiger partial charge in [0.05, 0.1) is 5.52 Å². The molecule has 0 unspecified atom stereocenters. The number of hydrogen-bond acceptors (Lipinski definition) is 4. The van der Waals surface area contributed by atoms with Crippen molar-refractivity contribution in [3.63, 3.8) is 0 Å². The van der Waals surface area contributed by atoms with Crippen LogP contribution in [0.4, 0.5) is 0 Å². The molecule has 3 aromatic rings. The maximum Gasteiger partial charge on any atom is 0.225 e. The van der Waals surface area contributed by atoms with Gasteiger partial charge in [-0.1, -0.05) is 106 Å². The molecule has 0 saturated carbocycles. The largest absolute Gasteiger partial charge is 0.473 e. The minimum absolute atomic E-state index is 0.318. The summed E-state index contributed by atoms with van der Waals surface area (Å²) in [6.07, 6.45) is 14.7. The van der Waals surface area contributed by atoms with Crippen LogP contribution in [0.2, 0.25) is 0 Å². The smallest absolute Gasteiger partial charge is 0.225 e. The molecule has 38 heavy (non-hydrogen) atoms. The molecule has 1 aromatic carbocycles. The zero-order valence-corrected chi connectivity index (χ0v) is 24.8. The predicted octanol–water partition coefficient (Wildman–Crippen LogP) is 9.86. The molecule has 200 valence electrons. The summed E-state index contributed by atoms with van der Waals surface area (Å²) in [5.41, 5.74) is 4.46. The monoisotopic (exact) mass is 574 g/mol. The second-order valence-electron chi connectivity index (χ2n) is 7.29. The molecular weight excluding hydrogens is 536 g/mol. The quantitative estimate of drug-likeness (QED) is 0.214. The van der Waals surface area contributed by atoms with E-state index < -0.39 is 0 Å². The van der Waals surface area contributed by atoms with Gasteiger partial charge in [0, 0.05) is 33.2 Å². The Labute approximate surface area is 237 Å². The van der Waals surface area contributed by atoms with Crippen LogP contribution in [0.25, 0.3) is 22.0 Å². The highest BCUT2D eigenvalue weighted by Gasteiger charge is 2.13. The molecule has 5 heteroatoms. The predicted molar refractivity (Wildman–Crippen MR) is 168 cm³/mol. The lowest BCUT2D eigenvalue weighted by molar-refractivity contribution is 0.313. The van der Waals surface area contributed by atoms with E-state index in [1.54, 1.807) is 18.2 Å². The highest BCUT2D eigenvalue weighted by atomic mass is 79.9. The lowest BCUT2D eigenvalue weighted by Crippen LogP contribution is -2.05. The molecule has 0 N–H and O–H groups in total. The van der Waals surface area contributed by atoms with Crippen LogP contribution in [0.1, 0.15) is 34.6 Å². The van der Waals surface area contributed by atoms with Crippen LogP contribution in [-0.4, -0.2) is 23.2 Å². The Bertz CT molecular complexity index is 1290. The molecule has 2 heterocycles. The number of rotatable bonds is 11. The van der Waals surface area contributed by atoms with Gasteiger partial charge in [-0.2, -0.15) is 4.98 Å². The van der Waals surface area contributed by atoms with Crippen molar-refractivity contribution in [2.75, 3.05) is 13.2 Å². The third kappa shape index (κ3) is 9.98. The zero-order chi connectivity index (χ0) is 28.3. The average molecular weight is 576 g/mol. The minimum Gasteiger partial charge on any atom is -0.473 e. The van der Waals surface area contributed by atoms with E-state index >= 15 is 0 Å². The van der Waals surface area contributed by atoms with Gasteiger partial charge in [-0.25, -0.2) is 0 Å². The topological polar surface area (TPSA) is 44.2 Å². The highest BCUT2D eigenvalue weighted by molar-refractivity contribution is 9.10. The van der Waals surface area contributed by atoms with E-state index in [4.69, 9.17) is 9.47 Å². The Hall–Kier alpha value is -3.70. The van der Waals surface area contributed by atoms with Crippen molar-refractivity contribution < 1.29 is 9.47 Å². The van der Waals surface area contributed by atoms with Gasteiger partial charge in [-0.05, 0) is 48.4 Å². The van der Waals surface area contributed by atoms with Crippen LogP contribution < -0.4 is 9.47 Å². The van der Waals surface area contributed by atoms with Crippen LogP contribution >= 0.6 is 15.9 Å². The molecule has 4 nitrogen and oxygen atoms in total. The first-order chi connectivity index (χ1) is 18.6. The fourth-order valence-corrected chi connectivity index (χ4v) is 3.49. The number of hydrogen-bond donors (Lipinski definition) is 0. The van der Waals surface area contributed by atoms with Gasteiger partial charge in [0.2, 0.25) is 11.8 Å². The molecule has 0 aliphatic heterocycles. The molecule has 0 aliphatic carbocycles. The number of aromatic nitrogens is 2. The van der Waals surface area contributed by atoms with Gasteiger partial charge in [0.15, 0.2) is 0 Å². The van der Waals surface area contributed by atoms with Gasteiger partial charge < -0.3 is 9.47 Å². The SMILES string of the molecule is C=C/C=C(\C=C)COc1ccc(-c2cnc3ccc(Br)cc3c2)c(OC/C(C=C)=C/C=C\C)n1.CC.CC. The van der Waals surface area contributed by atoms with Crippen molar-refractivity contribution in [1.82, 2.24) is 9.97 Å². The number of fused-ring (bicyclic) bond motifs is 1. The fourth-order valence-electron chi connectivity index (χ4n) is 3.11. The summed E-state index contributed by atoms with van der Waals surface area (Å²) >= 11 is 3.53. The van der Waals surface area contributed by atoms with Crippen LogP contribution in [0.3, 0.4) is 0 Å². The van der Waals surface area contributed by atoms with Crippen molar-refractivity contribution in [3.05, 3.63) is 120 Å². The minimum atomic E-state index is 0.318. The van der Waals surface area contributed by atoms with Gasteiger partial charge in [-0.3, -0.25) is 4.98 Å². The normalized spacial score (nSPS) is 11.1. The summed E-state index contributed by atoms with van der Waals surface area (Å²) in [5, 5.41) is 1.02. The number of nitrogens with zero attached hydrogens (tertiary/aromatic N) is 2. The molecule has 0 saturated heterocycles. The van der Waals surface area contributed by atoms with Gasteiger partial charge in [0.25, 0.3) is 0 Å². The molecule has 0 amide bonds. The van der Waals surface area contributed by atoms with E-state index in [0.717, 1.165) is 37.6 Å². The van der Waals surface area contributed by atoms with Crippen molar-refractivity contribution in [2.45, 2.75) is 34.6 Å². The Morgan fingerprint density at radius 2 is 1.58 bits per heavy atom. The van der Waals surface area contributed by atoms with Gasteiger partial charge >= 0.3 is 0 Å². The first-order valence-electron chi connectivity index (χ1n) is 12.8. The average Bonchev–Trinajstić information content (AvgIpc) is 2.97. The van der Waals surface area contributed by atoms with Crippen LogP contribution in [-0.2, 0) is 0 Å². The molecule has 0 bridgehead atoms. The summed E-state index contributed by atoms with van der Waals surface area (Å²) in [4.78, 5) is 9.26. The molecule has 0 fully saturated rings. The maximum absolute atomic E-state index is 6.15. The Kier molecular flexibility index (Phi) is 15.8. The van der Waals surface area contributed by atoms with Crippen LogP contribution in [0.5, 0.6) is 11.8 Å². The van der Waals surface area contributed by atoms with Gasteiger partial charge in [0.1, 0.15) is 13.2 Å². The number of halogens is 1. The van der Waals surface area contributed by atoms with Crippen LogP contribution in [0, 0.1) is 0 Å². The Balaban J connectivity index is 0.00000172.